The number of halogens is 2. The number of allylic oxidation sites excluding steroid dienone is 1. The van der Waals surface area contributed by atoms with Gasteiger partial charge >= 0.3 is 0 Å². The molecule has 2 atom stereocenters. The van der Waals surface area contributed by atoms with E-state index in [9.17, 15) is 8.78 Å². The van der Waals surface area contributed by atoms with Gasteiger partial charge in [-0.3, -0.25) is 0 Å². The summed E-state index contributed by atoms with van der Waals surface area (Å²) in [6.45, 7) is 3.03. The number of hydrogen-bond acceptors (Lipinski definition) is 0. The molecule has 0 aliphatic carbocycles. The zero-order valence-corrected chi connectivity index (χ0v) is 5.07. The average Bonchev–Trinajstić information content (AvgIpc) is 1.67. The molecule has 0 aromatic rings. The third-order valence-corrected chi connectivity index (χ3v) is 1.10. The highest BCUT2D eigenvalue weighted by molar-refractivity contribution is 4.82. The molecule has 0 rings (SSSR count). The summed E-state index contributed by atoms with van der Waals surface area (Å²) >= 11 is 0. The van der Waals surface area contributed by atoms with Crippen molar-refractivity contribution in [1.29, 1.82) is 0 Å². The fourth-order valence-corrected chi connectivity index (χ4v) is 0.268. The lowest BCUT2D eigenvalue weighted by atomic mass is 10.1. The van der Waals surface area contributed by atoms with Crippen LogP contribution >= 0.6 is 0 Å². The van der Waals surface area contributed by atoms with Gasteiger partial charge in [0.05, 0.1) is 6.33 Å². The van der Waals surface area contributed by atoms with Gasteiger partial charge in [0.2, 0.25) is 0 Å². The van der Waals surface area contributed by atoms with Gasteiger partial charge in [-0.15, -0.1) is 0 Å². The Morgan fingerprint density at radius 1 is 1.38 bits per heavy atom. The van der Waals surface area contributed by atoms with Crippen LogP contribution in [0.5, 0.6) is 0 Å². The van der Waals surface area contributed by atoms with Gasteiger partial charge < -0.3 is 0 Å². The predicted octanol–water partition coefficient (Wildman–Crippen LogP) is 2.46. The Balaban J connectivity index is 3.47. The van der Waals surface area contributed by atoms with Crippen LogP contribution < -0.4 is 0 Å². The lowest BCUT2D eigenvalue weighted by molar-refractivity contribution is 0.299. The van der Waals surface area contributed by atoms with Gasteiger partial charge in [0, 0.05) is 5.92 Å². The van der Waals surface area contributed by atoms with Crippen molar-refractivity contribution in [2.45, 2.75) is 20.0 Å². The molecule has 0 aromatic carbocycles. The molecule has 0 saturated heterocycles. The minimum atomic E-state index is -0.956. The second-order valence-electron chi connectivity index (χ2n) is 1.86. The third-order valence-electron chi connectivity index (χ3n) is 1.10. The first-order valence-corrected chi connectivity index (χ1v) is 2.59. The molecule has 0 aromatic heterocycles. The number of alkyl halides is 1. The van der Waals surface area contributed by atoms with E-state index in [0.717, 1.165) is 0 Å². The van der Waals surface area contributed by atoms with E-state index in [1.807, 2.05) is 0 Å². The molecule has 0 amide bonds. The van der Waals surface area contributed by atoms with Gasteiger partial charge in [-0.1, -0.05) is 13.0 Å². The van der Waals surface area contributed by atoms with Gasteiger partial charge in [0.15, 0.2) is 0 Å². The summed E-state index contributed by atoms with van der Waals surface area (Å²) in [5.74, 6) is -0.306. The van der Waals surface area contributed by atoms with E-state index >= 15 is 0 Å². The van der Waals surface area contributed by atoms with Gasteiger partial charge in [-0.05, 0) is 6.92 Å². The second kappa shape index (κ2) is 3.58. The molecule has 0 aliphatic rings. The summed E-state index contributed by atoms with van der Waals surface area (Å²) < 4.78 is 23.3. The first-order valence-electron chi connectivity index (χ1n) is 2.59. The molecule has 2 unspecified atom stereocenters. The van der Waals surface area contributed by atoms with Crippen molar-refractivity contribution in [3.63, 3.8) is 0 Å². The van der Waals surface area contributed by atoms with Crippen LogP contribution in [0.3, 0.4) is 0 Å². The Bertz CT molecular complexity index is 76.6. The standard InChI is InChI=1S/C6H10F2/c1-5(3-4-7)6(2)8/h3-6H,1-2H3/b4-3+. The minimum Gasteiger partial charge on any atom is -0.247 e. The number of hydrogen-bond donors (Lipinski definition) is 0. The van der Waals surface area contributed by atoms with Crippen molar-refractivity contribution >= 4 is 0 Å². The maximum Gasteiger partial charge on any atom is 0.103 e. The van der Waals surface area contributed by atoms with Crippen molar-refractivity contribution in [1.82, 2.24) is 0 Å². The SMILES string of the molecule is CC(F)C(C)/C=C/F. The lowest BCUT2D eigenvalue weighted by Gasteiger charge is -2.03. The Kier molecular flexibility index (Phi) is 3.40. The minimum absolute atomic E-state index is 0.306. The molecule has 48 valence electrons. The van der Waals surface area contributed by atoms with Crippen LogP contribution in [0.2, 0.25) is 0 Å². The summed E-state index contributed by atoms with van der Waals surface area (Å²) in [7, 11) is 0. The van der Waals surface area contributed by atoms with Crippen molar-refractivity contribution in [3.05, 3.63) is 12.4 Å². The fraction of sp³-hybridized carbons (Fsp3) is 0.667. The van der Waals surface area contributed by atoms with Crippen molar-refractivity contribution < 1.29 is 8.78 Å². The van der Waals surface area contributed by atoms with E-state index < -0.39 is 6.17 Å². The molecular formula is C6H10F2. The van der Waals surface area contributed by atoms with E-state index in [-0.39, 0.29) is 5.92 Å². The predicted molar refractivity (Wildman–Crippen MR) is 30.0 cm³/mol. The fourth-order valence-electron chi connectivity index (χ4n) is 0.268. The van der Waals surface area contributed by atoms with Gasteiger partial charge in [0.25, 0.3) is 0 Å². The maximum atomic E-state index is 12.1. The molecule has 0 aliphatic heterocycles. The highest BCUT2D eigenvalue weighted by Gasteiger charge is 2.04. The summed E-state index contributed by atoms with van der Waals surface area (Å²) in [6, 6.07) is 0. The highest BCUT2D eigenvalue weighted by atomic mass is 19.1. The molecule has 0 fully saturated rings. The van der Waals surface area contributed by atoms with Crippen LogP contribution in [0.4, 0.5) is 8.78 Å². The molecule has 0 saturated carbocycles. The van der Waals surface area contributed by atoms with E-state index in [2.05, 4.69) is 0 Å². The molecule has 2 heteroatoms. The van der Waals surface area contributed by atoms with Gasteiger partial charge in [0.1, 0.15) is 6.17 Å². The average molecular weight is 120 g/mol. The smallest absolute Gasteiger partial charge is 0.103 e. The largest absolute Gasteiger partial charge is 0.247 e. The lowest BCUT2D eigenvalue weighted by Crippen LogP contribution is -2.03. The molecule has 8 heavy (non-hydrogen) atoms. The maximum absolute atomic E-state index is 12.1. The first kappa shape index (κ1) is 7.60. The van der Waals surface area contributed by atoms with E-state index in [4.69, 9.17) is 0 Å². The monoisotopic (exact) mass is 120 g/mol. The molecule has 0 spiro atoms. The second-order valence-corrected chi connectivity index (χ2v) is 1.86. The van der Waals surface area contributed by atoms with Crippen LogP contribution in [0.25, 0.3) is 0 Å². The van der Waals surface area contributed by atoms with Crippen LogP contribution in [0.15, 0.2) is 12.4 Å². The highest BCUT2D eigenvalue weighted by Crippen LogP contribution is 2.06. The zero-order chi connectivity index (χ0) is 6.57. The van der Waals surface area contributed by atoms with E-state index in [0.29, 0.717) is 6.33 Å². The molecule has 0 radical (unpaired) electrons. The van der Waals surface area contributed by atoms with Gasteiger partial charge in [-0.25, -0.2) is 8.78 Å². The van der Waals surface area contributed by atoms with Crippen LogP contribution in [0, 0.1) is 5.92 Å². The topological polar surface area (TPSA) is 0 Å². The van der Waals surface area contributed by atoms with Crippen molar-refractivity contribution in [2.24, 2.45) is 5.92 Å². The quantitative estimate of drug-likeness (QED) is 0.525. The molecule has 0 heterocycles. The summed E-state index contributed by atoms with van der Waals surface area (Å²) in [5.41, 5.74) is 0. The Morgan fingerprint density at radius 3 is 2.00 bits per heavy atom. The van der Waals surface area contributed by atoms with Crippen LogP contribution in [-0.2, 0) is 0 Å². The summed E-state index contributed by atoms with van der Waals surface area (Å²) in [4.78, 5) is 0. The number of rotatable bonds is 2. The van der Waals surface area contributed by atoms with Crippen molar-refractivity contribution in [2.75, 3.05) is 0 Å². The zero-order valence-electron chi connectivity index (χ0n) is 5.07. The summed E-state index contributed by atoms with van der Waals surface area (Å²) in [5, 5.41) is 0. The Hall–Kier alpha value is -0.400. The Labute approximate surface area is 48.2 Å². The normalized spacial score (nSPS) is 19.0. The first-order chi connectivity index (χ1) is 3.68. The molecular weight excluding hydrogens is 110 g/mol. The third kappa shape index (κ3) is 2.72. The van der Waals surface area contributed by atoms with Crippen LogP contribution in [0.1, 0.15) is 13.8 Å². The van der Waals surface area contributed by atoms with Gasteiger partial charge in [-0.2, -0.15) is 0 Å². The Morgan fingerprint density at radius 2 is 1.88 bits per heavy atom. The van der Waals surface area contributed by atoms with E-state index in [1.165, 1.54) is 13.0 Å². The van der Waals surface area contributed by atoms with Crippen LogP contribution in [-0.4, -0.2) is 6.17 Å². The molecule has 0 N–H and O–H groups in total. The van der Waals surface area contributed by atoms with E-state index in [1.54, 1.807) is 6.92 Å². The summed E-state index contributed by atoms with van der Waals surface area (Å²) in [6.07, 6.45) is 0.618. The van der Waals surface area contributed by atoms with Crippen molar-refractivity contribution in [3.8, 4) is 0 Å². The molecule has 0 bridgehead atoms. The molecule has 0 nitrogen and oxygen atoms in total.